The van der Waals surface area contributed by atoms with Crippen LogP contribution < -0.4 is 10.1 Å². The minimum absolute atomic E-state index is 0.154. The molecule has 0 aliphatic rings. The Morgan fingerprint density at radius 1 is 0.969 bits per heavy atom. The van der Waals surface area contributed by atoms with Crippen LogP contribution in [0.3, 0.4) is 0 Å². The first-order chi connectivity index (χ1) is 15.6. The minimum Gasteiger partial charge on any atom is -0.424 e. The summed E-state index contributed by atoms with van der Waals surface area (Å²) in [4.78, 5) is 22.2. The zero-order valence-corrected chi connectivity index (χ0v) is 18.1. The molecule has 1 amide bonds. The maximum atomic E-state index is 13.0. The summed E-state index contributed by atoms with van der Waals surface area (Å²) in [5, 5.41) is 2.95. The fourth-order valence-electron chi connectivity index (χ4n) is 2.99. The van der Waals surface area contributed by atoms with Crippen LogP contribution in [0.2, 0.25) is 0 Å². The van der Waals surface area contributed by atoms with E-state index >= 15 is 0 Å². The first-order valence-corrected chi connectivity index (χ1v) is 11.1. The molecule has 0 saturated carbocycles. The van der Waals surface area contributed by atoms with Gasteiger partial charge in [0.05, 0.1) is 0 Å². The van der Waals surface area contributed by atoms with Gasteiger partial charge < -0.3 is 10.1 Å². The van der Waals surface area contributed by atoms with Crippen LogP contribution in [0.1, 0.15) is 15.9 Å². The third-order valence-corrected chi connectivity index (χ3v) is 5.46. The monoisotopic (exact) mass is 445 g/mol. The van der Waals surface area contributed by atoms with Crippen LogP contribution in [0.5, 0.6) is 11.8 Å². The van der Waals surface area contributed by atoms with E-state index in [9.17, 15) is 9.18 Å². The molecule has 4 aromatic rings. The summed E-state index contributed by atoms with van der Waals surface area (Å²) < 4.78 is 18.5. The van der Waals surface area contributed by atoms with E-state index < -0.39 is 0 Å². The Morgan fingerprint density at radius 3 is 2.38 bits per heavy atom. The third kappa shape index (κ3) is 5.50. The molecule has 4 rings (SSSR count). The van der Waals surface area contributed by atoms with Gasteiger partial charge in [-0.1, -0.05) is 24.3 Å². The Morgan fingerprint density at radius 2 is 1.69 bits per heavy atom. The van der Waals surface area contributed by atoms with Gasteiger partial charge in [0.2, 0.25) is 0 Å². The van der Waals surface area contributed by atoms with Crippen molar-refractivity contribution >= 4 is 17.7 Å². The lowest BCUT2D eigenvalue weighted by Gasteiger charge is -2.08. The molecule has 160 valence electrons. The molecule has 0 aliphatic heterocycles. The van der Waals surface area contributed by atoms with Gasteiger partial charge in [0.15, 0.2) is 0 Å². The summed E-state index contributed by atoms with van der Waals surface area (Å²) in [7, 11) is 0. The lowest BCUT2D eigenvalue weighted by Crippen LogP contribution is -2.22. The van der Waals surface area contributed by atoms with E-state index in [0.29, 0.717) is 17.9 Å². The first kappa shape index (κ1) is 21.5. The number of hydrogen-bond acceptors (Lipinski definition) is 5. The second-order valence-corrected chi connectivity index (χ2v) is 7.80. The molecule has 0 aliphatic carbocycles. The SMILES string of the molecule is CSc1ccc(CNC(=O)c2cccc(-c3cnc(Oc4ccc(F)cc4)nc3)c2)cc1. The number of aromatic nitrogens is 2. The molecule has 3 aromatic carbocycles. The van der Waals surface area contributed by atoms with Crippen molar-refractivity contribution in [3.63, 3.8) is 0 Å². The van der Waals surface area contributed by atoms with Crippen molar-refractivity contribution in [3.05, 3.63) is 102 Å². The zero-order valence-electron chi connectivity index (χ0n) is 17.3. The van der Waals surface area contributed by atoms with Gasteiger partial charge in [-0.25, -0.2) is 14.4 Å². The molecule has 7 heteroatoms. The third-order valence-electron chi connectivity index (χ3n) is 4.72. The molecule has 0 spiro atoms. The van der Waals surface area contributed by atoms with E-state index in [1.807, 2.05) is 42.7 Å². The predicted molar refractivity (Wildman–Crippen MR) is 123 cm³/mol. The Kier molecular flexibility index (Phi) is 6.77. The van der Waals surface area contributed by atoms with Crippen molar-refractivity contribution in [2.45, 2.75) is 11.4 Å². The van der Waals surface area contributed by atoms with Crippen molar-refractivity contribution < 1.29 is 13.9 Å². The number of hydrogen-bond donors (Lipinski definition) is 1. The highest BCUT2D eigenvalue weighted by Gasteiger charge is 2.09. The summed E-state index contributed by atoms with van der Waals surface area (Å²) in [5.74, 6) is -0.0510. The van der Waals surface area contributed by atoms with Crippen LogP contribution in [0, 0.1) is 5.82 Å². The van der Waals surface area contributed by atoms with Crippen LogP contribution in [0.15, 0.2) is 90.1 Å². The summed E-state index contributed by atoms with van der Waals surface area (Å²) in [5.41, 5.74) is 3.15. The zero-order chi connectivity index (χ0) is 22.3. The molecular formula is C25H20FN3O2S. The number of ether oxygens (including phenoxy) is 1. The average molecular weight is 446 g/mol. The van der Waals surface area contributed by atoms with Gasteiger partial charge in [0, 0.05) is 35.0 Å². The Labute approximate surface area is 189 Å². The predicted octanol–water partition coefficient (Wildman–Crippen LogP) is 5.73. The molecule has 5 nitrogen and oxygen atoms in total. The molecule has 0 atom stereocenters. The lowest BCUT2D eigenvalue weighted by molar-refractivity contribution is 0.0951. The van der Waals surface area contributed by atoms with E-state index in [0.717, 1.165) is 16.7 Å². The standard InChI is InChI=1S/C25H20FN3O2S/c1-32-23-11-5-17(6-12-23)14-27-24(30)19-4-2-3-18(13-19)20-15-28-25(29-16-20)31-22-9-7-21(26)8-10-22/h2-13,15-16H,14H2,1H3,(H,27,30). The van der Waals surface area contributed by atoms with Crippen LogP contribution in [-0.4, -0.2) is 22.1 Å². The average Bonchev–Trinajstić information content (AvgIpc) is 2.85. The number of carbonyl (C=O) groups is 1. The number of halogens is 1. The van der Waals surface area contributed by atoms with Crippen molar-refractivity contribution in [2.24, 2.45) is 0 Å². The Hall–Kier alpha value is -3.71. The van der Waals surface area contributed by atoms with Crippen LogP contribution in [-0.2, 0) is 6.54 Å². The largest absolute Gasteiger partial charge is 0.424 e. The van der Waals surface area contributed by atoms with E-state index in [4.69, 9.17) is 4.74 Å². The smallest absolute Gasteiger partial charge is 0.321 e. The lowest BCUT2D eigenvalue weighted by atomic mass is 10.1. The van der Waals surface area contributed by atoms with Gasteiger partial charge in [-0.2, -0.15) is 0 Å². The topological polar surface area (TPSA) is 64.1 Å². The van der Waals surface area contributed by atoms with Gasteiger partial charge in [0.25, 0.3) is 5.91 Å². The molecule has 1 aromatic heterocycles. The summed E-state index contributed by atoms with van der Waals surface area (Å²) in [6, 6.07) is 21.1. The van der Waals surface area contributed by atoms with Crippen LogP contribution >= 0.6 is 11.8 Å². The molecule has 32 heavy (non-hydrogen) atoms. The van der Waals surface area contributed by atoms with E-state index in [2.05, 4.69) is 15.3 Å². The summed E-state index contributed by atoms with van der Waals surface area (Å²) in [6.45, 7) is 0.455. The van der Waals surface area contributed by atoms with Gasteiger partial charge in [-0.05, 0) is 65.9 Å². The summed E-state index contributed by atoms with van der Waals surface area (Å²) in [6.07, 6.45) is 5.27. The maximum Gasteiger partial charge on any atom is 0.321 e. The highest BCUT2D eigenvalue weighted by molar-refractivity contribution is 7.98. The number of rotatable bonds is 7. The highest BCUT2D eigenvalue weighted by Crippen LogP contribution is 2.22. The van der Waals surface area contributed by atoms with Crippen LogP contribution in [0.4, 0.5) is 4.39 Å². The Bertz CT molecular complexity index is 1200. The van der Waals surface area contributed by atoms with Gasteiger partial charge in [-0.15, -0.1) is 11.8 Å². The number of thioether (sulfide) groups is 1. The van der Waals surface area contributed by atoms with Crippen LogP contribution in [0.25, 0.3) is 11.1 Å². The molecule has 1 heterocycles. The molecule has 0 fully saturated rings. The minimum atomic E-state index is -0.342. The fourth-order valence-corrected chi connectivity index (χ4v) is 3.40. The molecule has 0 radical (unpaired) electrons. The second kappa shape index (κ2) is 10.1. The maximum absolute atomic E-state index is 13.0. The molecule has 0 unspecified atom stereocenters. The van der Waals surface area contributed by atoms with E-state index in [1.54, 1.807) is 36.3 Å². The Balaban J connectivity index is 1.41. The van der Waals surface area contributed by atoms with E-state index in [1.165, 1.54) is 29.2 Å². The number of nitrogens with one attached hydrogen (secondary N) is 1. The molecule has 0 bridgehead atoms. The second-order valence-electron chi connectivity index (χ2n) is 6.92. The van der Waals surface area contributed by atoms with Crippen molar-refractivity contribution in [1.29, 1.82) is 0 Å². The van der Waals surface area contributed by atoms with Gasteiger partial charge in [0.1, 0.15) is 11.6 Å². The molecular weight excluding hydrogens is 425 g/mol. The first-order valence-electron chi connectivity index (χ1n) is 9.88. The van der Waals surface area contributed by atoms with Crippen molar-refractivity contribution in [1.82, 2.24) is 15.3 Å². The van der Waals surface area contributed by atoms with E-state index in [-0.39, 0.29) is 17.7 Å². The molecule has 0 saturated heterocycles. The highest BCUT2D eigenvalue weighted by atomic mass is 32.2. The number of benzene rings is 3. The van der Waals surface area contributed by atoms with Gasteiger partial charge >= 0.3 is 6.01 Å². The van der Waals surface area contributed by atoms with Gasteiger partial charge in [-0.3, -0.25) is 4.79 Å². The normalized spacial score (nSPS) is 10.6. The quantitative estimate of drug-likeness (QED) is 0.368. The van der Waals surface area contributed by atoms with Crippen molar-refractivity contribution in [3.8, 4) is 22.9 Å². The number of carbonyl (C=O) groups excluding carboxylic acids is 1. The number of nitrogens with zero attached hydrogens (tertiary/aromatic N) is 2. The number of amides is 1. The fraction of sp³-hybridized carbons (Fsp3) is 0.0800. The molecule has 1 N–H and O–H groups in total. The summed E-state index contributed by atoms with van der Waals surface area (Å²) >= 11 is 1.68. The van der Waals surface area contributed by atoms with Crippen molar-refractivity contribution in [2.75, 3.05) is 6.26 Å².